The van der Waals surface area contributed by atoms with Gasteiger partial charge < -0.3 is 19.5 Å². The molecule has 8 nitrogen and oxygen atoms in total. The number of methoxy groups -OCH3 is 1. The Bertz CT molecular complexity index is 760. The molecule has 0 spiro atoms. The van der Waals surface area contributed by atoms with Crippen LogP contribution in [0.25, 0.3) is 0 Å². The number of nitrogens with zero attached hydrogens (tertiary/aromatic N) is 4. The number of anilines is 2. The number of phenols is 1. The molecule has 0 aliphatic carbocycles. The number of rotatable bonds is 5. The average molecular weight is 343 g/mol. The van der Waals surface area contributed by atoms with Gasteiger partial charge in [-0.1, -0.05) is 6.07 Å². The predicted molar refractivity (Wildman–Crippen MR) is 95.7 cm³/mol. The number of hydrazone groups is 1. The van der Waals surface area contributed by atoms with E-state index in [0.717, 1.165) is 18.9 Å². The monoisotopic (exact) mass is 343 g/mol. The quantitative estimate of drug-likeness (QED) is 0.631. The maximum Gasteiger partial charge on any atom is 0.166 e. The Hall–Kier alpha value is -2.87. The molecule has 1 aromatic heterocycles. The largest absolute Gasteiger partial charge is 0.504 e. The lowest BCUT2D eigenvalue weighted by molar-refractivity contribution is 0.122. The Kier molecular flexibility index (Phi) is 5.30. The number of aromatic nitrogens is 2. The van der Waals surface area contributed by atoms with Crippen LogP contribution < -0.4 is 15.1 Å². The van der Waals surface area contributed by atoms with Crippen molar-refractivity contribution in [3.8, 4) is 11.5 Å². The molecule has 0 radical (unpaired) electrons. The summed E-state index contributed by atoms with van der Waals surface area (Å²) in [6.45, 7) is 4.83. The highest BCUT2D eigenvalue weighted by Crippen LogP contribution is 2.28. The number of para-hydroxylation sites is 1. The average Bonchev–Trinajstić information content (AvgIpc) is 2.63. The lowest BCUT2D eigenvalue weighted by atomic mass is 10.2. The van der Waals surface area contributed by atoms with E-state index >= 15 is 0 Å². The van der Waals surface area contributed by atoms with Crippen molar-refractivity contribution in [2.45, 2.75) is 6.92 Å². The molecule has 1 aliphatic heterocycles. The summed E-state index contributed by atoms with van der Waals surface area (Å²) >= 11 is 0. The van der Waals surface area contributed by atoms with Gasteiger partial charge >= 0.3 is 0 Å². The summed E-state index contributed by atoms with van der Waals surface area (Å²) in [7, 11) is 1.51. The first-order valence-corrected chi connectivity index (χ1v) is 8.01. The predicted octanol–water partition coefficient (Wildman–Crippen LogP) is 1.78. The van der Waals surface area contributed by atoms with Gasteiger partial charge in [0.05, 0.1) is 26.5 Å². The van der Waals surface area contributed by atoms with Crippen molar-refractivity contribution in [1.29, 1.82) is 0 Å². The van der Waals surface area contributed by atoms with Crippen molar-refractivity contribution in [2.75, 3.05) is 43.7 Å². The Morgan fingerprint density at radius 1 is 1.32 bits per heavy atom. The molecule has 0 unspecified atom stereocenters. The number of morpholine rings is 1. The second kappa shape index (κ2) is 7.80. The van der Waals surface area contributed by atoms with Gasteiger partial charge in [-0.3, -0.25) is 5.43 Å². The van der Waals surface area contributed by atoms with Gasteiger partial charge in [-0.2, -0.15) is 5.10 Å². The van der Waals surface area contributed by atoms with Crippen molar-refractivity contribution in [3.63, 3.8) is 0 Å². The Balaban J connectivity index is 1.73. The summed E-state index contributed by atoms with van der Waals surface area (Å²) < 4.78 is 10.4. The van der Waals surface area contributed by atoms with Crippen LogP contribution in [-0.4, -0.2) is 54.7 Å². The van der Waals surface area contributed by atoms with Gasteiger partial charge in [0.1, 0.15) is 11.6 Å². The first-order chi connectivity index (χ1) is 12.2. The van der Waals surface area contributed by atoms with E-state index in [1.807, 2.05) is 13.0 Å². The summed E-state index contributed by atoms with van der Waals surface area (Å²) in [5, 5.41) is 14.2. The first kappa shape index (κ1) is 17.0. The van der Waals surface area contributed by atoms with Crippen LogP contribution in [0.15, 0.2) is 29.4 Å². The molecule has 2 heterocycles. The third-order valence-electron chi connectivity index (χ3n) is 3.79. The van der Waals surface area contributed by atoms with E-state index < -0.39 is 0 Å². The highest BCUT2D eigenvalue weighted by Gasteiger charge is 2.14. The number of ether oxygens (including phenoxy) is 2. The standard InChI is InChI=1S/C17H21N5O3/c1-12-19-15(10-16(20-12)22-6-8-25-9-7-22)21-18-11-13-4-3-5-14(24-2)17(13)23/h3-5,10-11,23H,6-9H2,1-2H3,(H,19,20,21)/b18-11-. The van der Waals surface area contributed by atoms with Crippen molar-refractivity contribution in [2.24, 2.45) is 5.10 Å². The van der Waals surface area contributed by atoms with E-state index in [2.05, 4.69) is 25.4 Å². The van der Waals surface area contributed by atoms with E-state index in [1.54, 1.807) is 18.2 Å². The highest BCUT2D eigenvalue weighted by atomic mass is 16.5. The lowest BCUT2D eigenvalue weighted by Crippen LogP contribution is -2.36. The molecule has 25 heavy (non-hydrogen) atoms. The maximum atomic E-state index is 10.1. The molecule has 1 saturated heterocycles. The molecule has 0 bridgehead atoms. The van der Waals surface area contributed by atoms with Crippen LogP contribution in [0.3, 0.4) is 0 Å². The molecule has 0 atom stereocenters. The molecule has 132 valence electrons. The van der Waals surface area contributed by atoms with E-state index in [0.29, 0.717) is 36.2 Å². The van der Waals surface area contributed by atoms with Crippen LogP contribution in [0.1, 0.15) is 11.4 Å². The van der Waals surface area contributed by atoms with Gasteiger partial charge in [-0.25, -0.2) is 9.97 Å². The fraction of sp³-hybridized carbons (Fsp3) is 0.353. The third kappa shape index (κ3) is 4.16. The zero-order valence-corrected chi connectivity index (χ0v) is 14.3. The summed E-state index contributed by atoms with van der Waals surface area (Å²) in [5.74, 6) is 2.54. The van der Waals surface area contributed by atoms with E-state index in [9.17, 15) is 5.11 Å². The molecule has 1 aliphatic rings. The minimum absolute atomic E-state index is 0.0448. The van der Waals surface area contributed by atoms with Crippen LogP contribution in [0.4, 0.5) is 11.6 Å². The Morgan fingerprint density at radius 3 is 2.88 bits per heavy atom. The van der Waals surface area contributed by atoms with Gasteiger partial charge in [-0.15, -0.1) is 0 Å². The van der Waals surface area contributed by atoms with Gasteiger partial charge in [0.15, 0.2) is 17.3 Å². The minimum Gasteiger partial charge on any atom is -0.504 e. The summed E-state index contributed by atoms with van der Waals surface area (Å²) in [6.07, 6.45) is 1.52. The fourth-order valence-electron chi connectivity index (χ4n) is 2.54. The normalized spacial score (nSPS) is 14.7. The number of hydrogen-bond donors (Lipinski definition) is 2. The van der Waals surface area contributed by atoms with Gasteiger partial charge in [0.2, 0.25) is 0 Å². The zero-order valence-electron chi connectivity index (χ0n) is 14.3. The molecule has 1 aromatic carbocycles. The Labute approximate surface area is 146 Å². The second-order valence-electron chi connectivity index (χ2n) is 5.53. The van der Waals surface area contributed by atoms with Crippen LogP contribution in [0, 0.1) is 6.92 Å². The smallest absolute Gasteiger partial charge is 0.166 e. The number of nitrogens with one attached hydrogen (secondary N) is 1. The molecule has 3 rings (SSSR count). The number of aromatic hydroxyl groups is 1. The minimum atomic E-state index is 0.0448. The van der Waals surface area contributed by atoms with Crippen LogP contribution in [0.2, 0.25) is 0 Å². The van der Waals surface area contributed by atoms with E-state index in [-0.39, 0.29) is 5.75 Å². The molecule has 0 amide bonds. The molecule has 2 aromatic rings. The van der Waals surface area contributed by atoms with Crippen LogP contribution in [-0.2, 0) is 4.74 Å². The molecule has 8 heteroatoms. The van der Waals surface area contributed by atoms with Crippen LogP contribution >= 0.6 is 0 Å². The molecule has 0 saturated carbocycles. The maximum absolute atomic E-state index is 10.1. The van der Waals surface area contributed by atoms with Gasteiger partial charge in [0.25, 0.3) is 0 Å². The number of benzene rings is 1. The number of phenolic OH excluding ortho intramolecular Hbond substituents is 1. The van der Waals surface area contributed by atoms with Gasteiger partial charge in [0, 0.05) is 24.7 Å². The summed E-state index contributed by atoms with van der Waals surface area (Å²) in [5.41, 5.74) is 3.43. The van der Waals surface area contributed by atoms with Gasteiger partial charge in [-0.05, 0) is 19.1 Å². The topological polar surface area (TPSA) is 92.1 Å². The van der Waals surface area contributed by atoms with Crippen LogP contribution in [0.5, 0.6) is 11.5 Å². The van der Waals surface area contributed by atoms with Crippen molar-refractivity contribution < 1.29 is 14.6 Å². The highest BCUT2D eigenvalue weighted by molar-refractivity contribution is 5.85. The molecular weight excluding hydrogens is 322 g/mol. The van der Waals surface area contributed by atoms with Crippen molar-refractivity contribution in [1.82, 2.24) is 9.97 Å². The summed E-state index contributed by atoms with van der Waals surface area (Å²) in [4.78, 5) is 11.0. The number of aryl methyl sites for hydroxylation is 1. The first-order valence-electron chi connectivity index (χ1n) is 8.01. The van der Waals surface area contributed by atoms with E-state index in [4.69, 9.17) is 9.47 Å². The lowest BCUT2D eigenvalue weighted by Gasteiger charge is -2.28. The third-order valence-corrected chi connectivity index (χ3v) is 3.79. The molecule has 1 fully saturated rings. The zero-order chi connectivity index (χ0) is 17.6. The number of hydrogen-bond acceptors (Lipinski definition) is 8. The summed E-state index contributed by atoms with van der Waals surface area (Å²) in [6, 6.07) is 7.06. The molecular formula is C17H21N5O3. The second-order valence-corrected chi connectivity index (χ2v) is 5.53. The SMILES string of the molecule is COc1cccc(/C=N\Nc2cc(N3CCOCC3)nc(C)n2)c1O. The van der Waals surface area contributed by atoms with Crippen molar-refractivity contribution >= 4 is 17.9 Å². The van der Waals surface area contributed by atoms with Crippen molar-refractivity contribution in [3.05, 3.63) is 35.7 Å². The fourth-order valence-corrected chi connectivity index (χ4v) is 2.54. The van der Waals surface area contributed by atoms with E-state index in [1.165, 1.54) is 13.3 Å². The molecule has 2 N–H and O–H groups in total. The Morgan fingerprint density at radius 2 is 2.12 bits per heavy atom.